The molecule has 3 nitrogen and oxygen atoms in total. The highest BCUT2D eigenvalue weighted by Crippen LogP contribution is 2.13. The number of halogens is 2. The molecule has 0 spiro atoms. The number of nitrogens with zero attached hydrogens (tertiary/aromatic N) is 2. The van der Waals surface area contributed by atoms with Crippen LogP contribution in [-0.2, 0) is 13.0 Å². The van der Waals surface area contributed by atoms with E-state index in [9.17, 15) is 8.78 Å². The number of nitrogens with one attached hydrogen (secondary N) is 1. The monoisotopic (exact) mass is 271 g/mol. The molecule has 0 fully saturated rings. The minimum absolute atomic E-state index is 0.228. The molecular weight excluding hydrogens is 256 g/mol. The summed E-state index contributed by atoms with van der Waals surface area (Å²) in [6.07, 6.45) is 3.59. The molecule has 2 aromatic heterocycles. The Balaban J connectivity index is 1.85. The molecule has 18 heavy (non-hydrogen) atoms. The second kappa shape index (κ2) is 6.06. The van der Waals surface area contributed by atoms with Gasteiger partial charge < -0.3 is 5.32 Å². The highest BCUT2D eigenvalue weighted by molar-refractivity contribution is 7.09. The maximum absolute atomic E-state index is 12.6. The van der Waals surface area contributed by atoms with E-state index in [1.165, 1.54) is 17.3 Å². The Morgan fingerprint density at radius 3 is 3.00 bits per heavy atom. The summed E-state index contributed by atoms with van der Waals surface area (Å²) in [5.74, 6) is 0.364. The Hall–Kier alpha value is -1.27. The molecule has 0 saturated heterocycles. The Morgan fingerprint density at radius 2 is 2.33 bits per heavy atom. The molecule has 0 aliphatic rings. The van der Waals surface area contributed by atoms with Crippen LogP contribution in [0.5, 0.6) is 0 Å². The average Bonchev–Trinajstić information content (AvgIpc) is 2.96. The van der Waals surface area contributed by atoms with Gasteiger partial charge in [-0.25, -0.2) is 4.98 Å². The Kier molecular flexibility index (Phi) is 4.43. The summed E-state index contributed by atoms with van der Waals surface area (Å²) >= 11 is 1.70. The maximum atomic E-state index is 12.6. The molecule has 0 saturated carbocycles. The maximum Gasteiger partial charge on any atom is 0.319 e. The summed E-state index contributed by atoms with van der Waals surface area (Å²) < 4.78 is 26.1. The molecule has 98 valence electrons. The van der Waals surface area contributed by atoms with E-state index in [1.807, 2.05) is 18.4 Å². The minimum atomic E-state index is -2.53. The number of imidazole rings is 1. The summed E-state index contributed by atoms with van der Waals surface area (Å²) in [7, 11) is 0. The van der Waals surface area contributed by atoms with Crippen LogP contribution < -0.4 is 5.32 Å². The second-order valence-corrected chi connectivity index (χ2v) is 5.13. The van der Waals surface area contributed by atoms with Crippen LogP contribution in [0.2, 0.25) is 0 Å². The van der Waals surface area contributed by atoms with Crippen LogP contribution in [0.3, 0.4) is 0 Å². The van der Waals surface area contributed by atoms with Crippen LogP contribution in [0.15, 0.2) is 29.9 Å². The first kappa shape index (κ1) is 13.2. The van der Waals surface area contributed by atoms with Crippen molar-refractivity contribution in [3.63, 3.8) is 0 Å². The quantitative estimate of drug-likeness (QED) is 0.875. The third-order valence-electron chi connectivity index (χ3n) is 2.66. The van der Waals surface area contributed by atoms with Crippen molar-refractivity contribution in [3.8, 4) is 0 Å². The van der Waals surface area contributed by atoms with Crippen LogP contribution in [-0.4, -0.2) is 15.6 Å². The van der Waals surface area contributed by atoms with Crippen LogP contribution in [0.4, 0.5) is 8.78 Å². The van der Waals surface area contributed by atoms with Crippen LogP contribution in [0.25, 0.3) is 0 Å². The van der Waals surface area contributed by atoms with Gasteiger partial charge in [-0.15, -0.1) is 11.3 Å². The molecule has 0 bridgehead atoms. The van der Waals surface area contributed by atoms with Gasteiger partial charge in [0.25, 0.3) is 0 Å². The third-order valence-corrected chi connectivity index (χ3v) is 3.55. The normalized spacial score (nSPS) is 13.1. The van der Waals surface area contributed by atoms with Gasteiger partial charge in [-0.05, 0) is 24.8 Å². The number of thiophene rings is 1. The first-order chi connectivity index (χ1) is 8.66. The fourth-order valence-electron chi connectivity index (χ4n) is 1.73. The van der Waals surface area contributed by atoms with Crippen molar-refractivity contribution in [1.29, 1.82) is 0 Å². The summed E-state index contributed by atoms with van der Waals surface area (Å²) in [5.41, 5.74) is 0. The molecule has 0 radical (unpaired) electrons. The molecule has 2 heterocycles. The summed E-state index contributed by atoms with van der Waals surface area (Å²) in [6, 6.07) is 4.31. The van der Waals surface area contributed by atoms with Gasteiger partial charge in [-0.1, -0.05) is 6.07 Å². The number of alkyl halides is 2. The van der Waals surface area contributed by atoms with E-state index in [4.69, 9.17) is 0 Å². The molecule has 1 atom stereocenters. The molecule has 1 N–H and O–H groups in total. The Labute approximate surface area is 108 Å². The number of hydrogen-bond acceptors (Lipinski definition) is 3. The van der Waals surface area contributed by atoms with Gasteiger partial charge in [0.05, 0.1) is 6.54 Å². The van der Waals surface area contributed by atoms with E-state index >= 15 is 0 Å². The van der Waals surface area contributed by atoms with Gasteiger partial charge in [0.2, 0.25) is 0 Å². The lowest BCUT2D eigenvalue weighted by Gasteiger charge is -2.13. The van der Waals surface area contributed by atoms with Crippen molar-refractivity contribution in [3.05, 3.63) is 40.6 Å². The van der Waals surface area contributed by atoms with E-state index in [0.29, 0.717) is 12.4 Å². The fraction of sp³-hybridized carbons (Fsp3) is 0.417. The highest BCUT2D eigenvalue weighted by atomic mass is 32.1. The lowest BCUT2D eigenvalue weighted by molar-refractivity contribution is 0.0665. The smallest absolute Gasteiger partial charge is 0.307 e. The lowest BCUT2D eigenvalue weighted by Crippen LogP contribution is -2.28. The Morgan fingerprint density at radius 1 is 1.50 bits per heavy atom. The molecule has 0 aliphatic heterocycles. The summed E-state index contributed by atoms with van der Waals surface area (Å²) in [4.78, 5) is 5.21. The van der Waals surface area contributed by atoms with Gasteiger partial charge in [0, 0.05) is 23.3 Å². The first-order valence-corrected chi connectivity index (χ1v) is 6.60. The van der Waals surface area contributed by atoms with Crippen molar-refractivity contribution in [2.75, 3.05) is 0 Å². The van der Waals surface area contributed by atoms with Crippen LogP contribution in [0, 0.1) is 0 Å². The molecule has 2 rings (SSSR count). The zero-order chi connectivity index (χ0) is 13.0. The predicted octanol–water partition coefficient (Wildman–Crippen LogP) is 3.06. The van der Waals surface area contributed by atoms with E-state index < -0.39 is 6.55 Å². The van der Waals surface area contributed by atoms with Gasteiger partial charge in [-0.2, -0.15) is 8.78 Å². The topological polar surface area (TPSA) is 29.9 Å². The molecule has 0 aromatic carbocycles. The summed E-state index contributed by atoms with van der Waals surface area (Å²) in [5, 5.41) is 5.24. The van der Waals surface area contributed by atoms with Crippen molar-refractivity contribution < 1.29 is 8.78 Å². The standard InChI is InChI=1S/C12H15F2N3S/c1-9(7-10-3-2-6-18-10)16-8-11-15-4-5-17(11)12(13)14/h2-6,9,12,16H,7-8H2,1H3. The Bertz CT molecular complexity index is 467. The SMILES string of the molecule is CC(Cc1cccs1)NCc1nccn1C(F)F. The highest BCUT2D eigenvalue weighted by Gasteiger charge is 2.12. The number of aromatic nitrogens is 2. The summed E-state index contributed by atoms with van der Waals surface area (Å²) in [6.45, 7) is -0.142. The fourth-order valence-corrected chi connectivity index (χ4v) is 2.56. The molecule has 2 aromatic rings. The lowest BCUT2D eigenvalue weighted by atomic mass is 10.2. The van der Waals surface area contributed by atoms with E-state index in [-0.39, 0.29) is 6.04 Å². The number of hydrogen-bond donors (Lipinski definition) is 1. The largest absolute Gasteiger partial charge is 0.319 e. The van der Waals surface area contributed by atoms with Crippen molar-refractivity contribution >= 4 is 11.3 Å². The van der Waals surface area contributed by atoms with Gasteiger partial charge >= 0.3 is 6.55 Å². The van der Waals surface area contributed by atoms with E-state index in [0.717, 1.165) is 11.0 Å². The molecular formula is C12H15F2N3S. The van der Waals surface area contributed by atoms with Crippen LogP contribution in [0.1, 0.15) is 24.2 Å². The number of rotatable bonds is 6. The van der Waals surface area contributed by atoms with Crippen LogP contribution >= 0.6 is 11.3 Å². The van der Waals surface area contributed by atoms with Crippen molar-refractivity contribution in [1.82, 2.24) is 14.9 Å². The zero-order valence-electron chi connectivity index (χ0n) is 10.0. The third kappa shape index (κ3) is 3.36. The molecule has 0 aliphatic carbocycles. The molecule has 0 amide bonds. The molecule has 6 heteroatoms. The minimum Gasteiger partial charge on any atom is -0.307 e. The second-order valence-electron chi connectivity index (χ2n) is 4.09. The zero-order valence-corrected chi connectivity index (χ0v) is 10.8. The van der Waals surface area contributed by atoms with Crippen molar-refractivity contribution in [2.45, 2.75) is 32.5 Å². The van der Waals surface area contributed by atoms with Gasteiger partial charge in [-0.3, -0.25) is 4.57 Å². The first-order valence-electron chi connectivity index (χ1n) is 5.72. The van der Waals surface area contributed by atoms with E-state index in [2.05, 4.69) is 16.4 Å². The van der Waals surface area contributed by atoms with E-state index in [1.54, 1.807) is 11.3 Å². The molecule has 1 unspecified atom stereocenters. The van der Waals surface area contributed by atoms with Gasteiger partial charge in [0.15, 0.2) is 0 Å². The van der Waals surface area contributed by atoms with Gasteiger partial charge in [0.1, 0.15) is 5.82 Å². The average molecular weight is 271 g/mol. The predicted molar refractivity (Wildman–Crippen MR) is 67.8 cm³/mol. The van der Waals surface area contributed by atoms with Crippen molar-refractivity contribution in [2.24, 2.45) is 0 Å².